The Labute approximate surface area is 134 Å². The summed E-state index contributed by atoms with van der Waals surface area (Å²) in [6.45, 7) is 2.36. The Kier molecular flexibility index (Phi) is 5.57. The standard InChI is InChI=1S/C16H22N2O5/c1-16(22)10-18(11-16)14(20)13(19)7-8-17-15(21)23-9-12-5-3-2-4-6-12/h2-6,13,19,22H,7-11H2,1H3,(H,17,21)/t13-/m0/s1. The Morgan fingerprint density at radius 3 is 2.61 bits per heavy atom. The molecule has 1 fully saturated rings. The molecule has 1 aliphatic heterocycles. The van der Waals surface area contributed by atoms with Crippen molar-refractivity contribution < 1.29 is 24.5 Å². The molecule has 0 unspecified atom stereocenters. The number of carbonyl (C=O) groups excluding carboxylic acids is 2. The number of aliphatic hydroxyl groups is 2. The van der Waals surface area contributed by atoms with Gasteiger partial charge < -0.3 is 25.2 Å². The van der Waals surface area contributed by atoms with Crippen LogP contribution in [0.2, 0.25) is 0 Å². The zero-order chi connectivity index (χ0) is 16.9. The molecular formula is C16H22N2O5. The van der Waals surface area contributed by atoms with Gasteiger partial charge in [-0.05, 0) is 18.9 Å². The first-order valence-corrected chi connectivity index (χ1v) is 7.51. The van der Waals surface area contributed by atoms with Gasteiger partial charge in [-0.3, -0.25) is 4.79 Å². The number of likely N-dealkylation sites (tertiary alicyclic amines) is 1. The van der Waals surface area contributed by atoms with E-state index >= 15 is 0 Å². The van der Waals surface area contributed by atoms with Crippen LogP contribution in [0.1, 0.15) is 18.9 Å². The number of aliphatic hydroxyl groups excluding tert-OH is 1. The van der Waals surface area contributed by atoms with Gasteiger partial charge in [0.25, 0.3) is 5.91 Å². The van der Waals surface area contributed by atoms with E-state index in [1.54, 1.807) is 6.92 Å². The number of ether oxygens (including phenoxy) is 1. The third kappa shape index (κ3) is 5.22. The Balaban J connectivity index is 1.60. The van der Waals surface area contributed by atoms with Crippen molar-refractivity contribution in [1.82, 2.24) is 10.2 Å². The lowest BCUT2D eigenvalue weighted by Gasteiger charge is -2.44. The number of nitrogens with zero attached hydrogens (tertiary/aromatic N) is 1. The van der Waals surface area contributed by atoms with E-state index in [0.717, 1.165) is 5.56 Å². The van der Waals surface area contributed by atoms with Crippen LogP contribution in [0.3, 0.4) is 0 Å². The highest BCUT2D eigenvalue weighted by Crippen LogP contribution is 2.20. The normalized spacial score (nSPS) is 17.1. The minimum atomic E-state index is -1.19. The Bertz CT molecular complexity index is 539. The minimum Gasteiger partial charge on any atom is -0.445 e. The fraction of sp³-hybridized carbons (Fsp3) is 0.500. The summed E-state index contributed by atoms with van der Waals surface area (Å²) < 4.78 is 5.02. The van der Waals surface area contributed by atoms with Crippen molar-refractivity contribution in [1.29, 1.82) is 0 Å². The van der Waals surface area contributed by atoms with Gasteiger partial charge in [0, 0.05) is 6.54 Å². The van der Waals surface area contributed by atoms with E-state index in [1.165, 1.54) is 4.90 Å². The van der Waals surface area contributed by atoms with Crippen molar-refractivity contribution in [2.24, 2.45) is 0 Å². The van der Waals surface area contributed by atoms with Crippen molar-refractivity contribution in [3.63, 3.8) is 0 Å². The largest absolute Gasteiger partial charge is 0.445 e. The number of nitrogens with one attached hydrogen (secondary N) is 1. The molecule has 2 rings (SSSR count). The molecule has 126 valence electrons. The number of rotatable bonds is 6. The average molecular weight is 322 g/mol. The zero-order valence-electron chi connectivity index (χ0n) is 13.1. The van der Waals surface area contributed by atoms with E-state index in [4.69, 9.17) is 4.74 Å². The van der Waals surface area contributed by atoms with E-state index in [9.17, 15) is 19.8 Å². The van der Waals surface area contributed by atoms with E-state index in [1.807, 2.05) is 30.3 Å². The van der Waals surface area contributed by atoms with Gasteiger partial charge in [-0.15, -0.1) is 0 Å². The highest BCUT2D eigenvalue weighted by molar-refractivity contribution is 5.81. The molecule has 3 N–H and O–H groups in total. The van der Waals surface area contributed by atoms with Crippen molar-refractivity contribution in [3.8, 4) is 0 Å². The smallest absolute Gasteiger partial charge is 0.407 e. The summed E-state index contributed by atoms with van der Waals surface area (Å²) in [4.78, 5) is 24.7. The van der Waals surface area contributed by atoms with E-state index in [0.29, 0.717) is 0 Å². The summed E-state index contributed by atoms with van der Waals surface area (Å²) in [7, 11) is 0. The van der Waals surface area contributed by atoms with Crippen LogP contribution in [0.5, 0.6) is 0 Å². The summed E-state index contributed by atoms with van der Waals surface area (Å²) in [6.07, 6.45) is -1.70. The van der Waals surface area contributed by atoms with Gasteiger partial charge in [0.1, 0.15) is 12.7 Å². The maximum absolute atomic E-state index is 11.8. The van der Waals surface area contributed by atoms with Gasteiger partial charge in [-0.2, -0.15) is 0 Å². The van der Waals surface area contributed by atoms with E-state index in [-0.39, 0.29) is 32.7 Å². The highest BCUT2D eigenvalue weighted by Gasteiger charge is 2.41. The SMILES string of the molecule is CC1(O)CN(C(=O)[C@@H](O)CCNC(=O)OCc2ccccc2)C1. The molecule has 0 saturated carbocycles. The summed E-state index contributed by atoms with van der Waals surface area (Å²) in [6, 6.07) is 9.27. The summed E-state index contributed by atoms with van der Waals surface area (Å²) >= 11 is 0. The molecule has 0 spiro atoms. The molecule has 23 heavy (non-hydrogen) atoms. The van der Waals surface area contributed by atoms with Crippen LogP contribution in [0.15, 0.2) is 30.3 Å². The highest BCUT2D eigenvalue weighted by atomic mass is 16.5. The first-order valence-electron chi connectivity index (χ1n) is 7.51. The summed E-state index contributed by atoms with van der Waals surface area (Å²) in [5.74, 6) is -0.434. The molecule has 0 aromatic heterocycles. The number of benzene rings is 1. The third-order valence-electron chi connectivity index (χ3n) is 3.56. The maximum Gasteiger partial charge on any atom is 0.407 e. The van der Waals surface area contributed by atoms with Gasteiger partial charge in [-0.1, -0.05) is 30.3 Å². The maximum atomic E-state index is 11.8. The number of amides is 2. The molecule has 1 aliphatic rings. The van der Waals surface area contributed by atoms with Crippen LogP contribution in [-0.2, 0) is 16.1 Å². The number of hydrogen-bond donors (Lipinski definition) is 3. The summed E-state index contributed by atoms with van der Waals surface area (Å²) in [5, 5.41) is 21.8. The number of β-amino-alcohol motifs (C(OH)–C–C–N with tert-alkyl or cyclic N) is 1. The second-order valence-corrected chi connectivity index (χ2v) is 5.98. The third-order valence-corrected chi connectivity index (χ3v) is 3.56. The van der Waals surface area contributed by atoms with Crippen molar-refractivity contribution in [3.05, 3.63) is 35.9 Å². The van der Waals surface area contributed by atoms with Crippen LogP contribution >= 0.6 is 0 Å². The van der Waals surface area contributed by atoms with Crippen molar-refractivity contribution >= 4 is 12.0 Å². The van der Waals surface area contributed by atoms with Crippen LogP contribution in [0, 0.1) is 0 Å². The predicted molar refractivity (Wildman–Crippen MR) is 82.5 cm³/mol. The second-order valence-electron chi connectivity index (χ2n) is 5.98. The summed E-state index contributed by atoms with van der Waals surface area (Å²) in [5.41, 5.74) is 0.0113. The van der Waals surface area contributed by atoms with Gasteiger partial charge in [0.2, 0.25) is 0 Å². The topological polar surface area (TPSA) is 99.1 Å². The second kappa shape index (κ2) is 7.43. The fourth-order valence-corrected chi connectivity index (χ4v) is 2.35. The molecule has 1 atom stereocenters. The average Bonchev–Trinajstić information content (AvgIpc) is 2.50. The van der Waals surface area contributed by atoms with Crippen LogP contribution in [0.4, 0.5) is 4.79 Å². The number of hydrogen-bond acceptors (Lipinski definition) is 5. The van der Waals surface area contributed by atoms with Crippen LogP contribution in [-0.4, -0.2) is 58.5 Å². The van der Waals surface area contributed by atoms with E-state index in [2.05, 4.69) is 5.32 Å². The minimum absolute atomic E-state index is 0.0952. The molecule has 0 radical (unpaired) electrons. The molecule has 1 aromatic carbocycles. The lowest BCUT2D eigenvalue weighted by Crippen LogP contribution is -2.63. The Hall–Kier alpha value is -2.12. The predicted octanol–water partition coefficient (Wildman–Crippen LogP) is 0.257. The van der Waals surface area contributed by atoms with Gasteiger partial charge in [0.15, 0.2) is 0 Å². The van der Waals surface area contributed by atoms with Crippen molar-refractivity contribution in [2.75, 3.05) is 19.6 Å². The van der Waals surface area contributed by atoms with Crippen LogP contribution in [0.25, 0.3) is 0 Å². The lowest BCUT2D eigenvalue weighted by molar-refractivity contribution is -0.161. The number of alkyl carbamates (subject to hydrolysis) is 1. The fourth-order valence-electron chi connectivity index (χ4n) is 2.35. The molecule has 1 heterocycles. The van der Waals surface area contributed by atoms with Crippen LogP contribution < -0.4 is 5.32 Å². The molecule has 0 aliphatic carbocycles. The van der Waals surface area contributed by atoms with Gasteiger partial charge in [-0.25, -0.2) is 4.79 Å². The number of carbonyl (C=O) groups is 2. The lowest BCUT2D eigenvalue weighted by atomic mass is 9.96. The first kappa shape index (κ1) is 17.2. The molecule has 0 bridgehead atoms. The molecule has 1 saturated heterocycles. The molecule has 2 amide bonds. The van der Waals surface area contributed by atoms with Crippen molar-refractivity contribution in [2.45, 2.75) is 31.7 Å². The van der Waals surface area contributed by atoms with Gasteiger partial charge >= 0.3 is 6.09 Å². The quantitative estimate of drug-likeness (QED) is 0.697. The monoisotopic (exact) mass is 322 g/mol. The van der Waals surface area contributed by atoms with E-state index < -0.39 is 23.7 Å². The zero-order valence-corrected chi connectivity index (χ0v) is 13.1. The first-order chi connectivity index (χ1) is 10.9. The van der Waals surface area contributed by atoms with Gasteiger partial charge in [0.05, 0.1) is 18.7 Å². The molecule has 7 heteroatoms. The Morgan fingerprint density at radius 1 is 1.35 bits per heavy atom. The molecule has 7 nitrogen and oxygen atoms in total. The molecular weight excluding hydrogens is 300 g/mol. The Morgan fingerprint density at radius 2 is 2.00 bits per heavy atom. The molecule has 1 aromatic rings.